The average Bonchev–Trinajstić information content (AvgIpc) is 2.99. The Morgan fingerprint density at radius 3 is 2.81 bits per heavy atom. The van der Waals surface area contributed by atoms with Crippen LogP contribution in [0, 0.1) is 0 Å². The van der Waals surface area contributed by atoms with Crippen LogP contribution in [-0.4, -0.2) is 42.3 Å². The van der Waals surface area contributed by atoms with Crippen molar-refractivity contribution in [1.82, 2.24) is 10.2 Å². The van der Waals surface area contributed by atoms with Gasteiger partial charge in [-0.15, -0.1) is 0 Å². The van der Waals surface area contributed by atoms with Crippen molar-refractivity contribution in [3.63, 3.8) is 0 Å². The van der Waals surface area contributed by atoms with Crippen molar-refractivity contribution in [2.75, 3.05) is 13.7 Å². The first-order valence-corrected chi connectivity index (χ1v) is 6.24. The molecule has 2 rings (SSSR count). The third-order valence-corrected chi connectivity index (χ3v) is 3.77. The number of nitrogens with zero attached hydrogens (tertiary/aromatic N) is 1. The highest BCUT2D eigenvalue weighted by molar-refractivity contribution is 5.92. The van der Waals surface area contributed by atoms with Gasteiger partial charge in [0.25, 0.3) is 0 Å². The van der Waals surface area contributed by atoms with Gasteiger partial charge in [0, 0.05) is 19.8 Å². The lowest BCUT2D eigenvalue weighted by Crippen LogP contribution is -2.43. The Balaban J connectivity index is 2.03. The summed E-state index contributed by atoms with van der Waals surface area (Å²) in [4.78, 5) is 14.3. The summed E-state index contributed by atoms with van der Waals surface area (Å²) in [6, 6.07) is 0.268. The number of carbonyl (C=O) groups excluding carboxylic acids is 1. The Morgan fingerprint density at radius 2 is 2.31 bits per heavy atom. The summed E-state index contributed by atoms with van der Waals surface area (Å²) in [5.74, 6) is 0.308. The van der Waals surface area contributed by atoms with Crippen LogP contribution in [0.4, 0.5) is 0 Å². The van der Waals surface area contributed by atoms with Crippen LogP contribution >= 0.6 is 0 Å². The van der Waals surface area contributed by atoms with E-state index in [1.165, 1.54) is 0 Å². The zero-order valence-electron chi connectivity index (χ0n) is 10.5. The molecule has 4 nitrogen and oxygen atoms in total. The Labute approximate surface area is 97.3 Å². The van der Waals surface area contributed by atoms with Gasteiger partial charge in [-0.05, 0) is 32.6 Å². The summed E-state index contributed by atoms with van der Waals surface area (Å²) >= 11 is 0. The number of hydrogen-bond donors (Lipinski definition) is 1. The lowest BCUT2D eigenvalue weighted by molar-refractivity contribution is -0.133. The fraction of sp³-hybridized carbons (Fsp3) is 0.917. The molecule has 0 aromatic carbocycles. The Kier molecular flexibility index (Phi) is 3.22. The average molecular weight is 226 g/mol. The van der Waals surface area contributed by atoms with Crippen LogP contribution in [0.5, 0.6) is 0 Å². The largest absolute Gasteiger partial charge is 0.385 e. The molecule has 1 saturated carbocycles. The highest BCUT2D eigenvalue weighted by Gasteiger charge is 2.59. The fourth-order valence-electron chi connectivity index (χ4n) is 2.56. The number of amides is 1. The Hall–Kier alpha value is -0.610. The molecule has 1 spiro atoms. The molecular weight excluding hydrogens is 204 g/mol. The van der Waals surface area contributed by atoms with Gasteiger partial charge in [-0.3, -0.25) is 10.1 Å². The number of ether oxygens (including phenoxy) is 1. The molecule has 0 aromatic rings. The molecule has 2 unspecified atom stereocenters. The number of nitrogens with one attached hydrogen (secondary N) is 1. The topological polar surface area (TPSA) is 41.6 Å². The molecule has 0 bridgehead atoms. The van der Waals surface area contributed by atoms with Gasteiger partial charge in [-0.2, -0.15) is 0 Å². The molecule has 1 N–H and O–H groups in total. The van der Waals surface area contributed by atoms with E-state index >= 15 is 0 Å². The first-order chi connectivity index (χ1) is 7.64. The minimum Gasteiger partial charge on any atom is -0.385 e. The zero-order valence-corrected chi connectivity index (χ0v) is 10.5. The molecule has 2 atom stereocenters. The fourth-order valence-corrected chi connectivity index (χ4v) is 2.56. The monoisotopic (exact) mass is 226 g/mol. The maximum atomic E-state index is 12.3. The summed E-state index contributed by atoms with van der Waals surface area (Å²) in [5, 5.41) is 3.48. The molecule has 1 saturated heterocycles. The molecular formula is C12H22N2O2. The zero-order chi connectivity index (χ0) is 11.8. The molecule has 1 heterocycles. The molecule has 1 aliphatic heterocycles. The van der Waals surface area contributed by atoms with Crippen molar-refractivity contribution in [2.45, 2.75) is 57.3 Å². The normalized spacial score (nSPS) is 28.8. The standard InChI is InChI=1S/C12H22N2O2/c1-4-10-13-12(6-7-12)11(15)14(10)9(2)5-8-16-3/h9-10,13H,4-8H2,1-3H3. The van der Waals surface area contributed by atoms with Crippen molar-refractivity contribution < 1.29 is 9.53 Å². The molecule has 0 aromatic heterocycles. The van der Waals surface area contributed by atoms with E-state index in [1.807, 2.05) is 4.90 Å². The summed E-state index contributed by atoms with van der Waals surface area (Å²) < 4.78 is 5.09. The quantitative estimate of drug-likeness (QED) is 0.763. The van der Waals surface area contributed by atoms with E-state index in [0.29, 0.717) is 12.5 Å². The van der Waals surface area contributed by atoms with Gasteiger partial charge in [0.05, 0.1) is 11.7 Å². The highest BCUT2D eigenvalue weighted by atomic mass is 16.5. The van der Waals surface area contributed by atoms with Gasteiger partial charge in [0.2, 0.25) is 5.91 Å². The van der Waals surface area contributed by atoms with Crippen LogP contribution in [0.2, 0.25) is 0 Å². The molecule has 1 amide bonds. The van der Waals surface area contributed by atoms with E-state index in [1.54, 1.807) is 7.11 Å². The SMILES string of the molecule is CCC1NC2(CC2)C(=O)N1C(C)CCOC. The third kappa shape index (κ3) is 1.84. The first kappa shape index (κ1) is 11.9. The number of methoxy groups -OCH3 is 1. The van der Waals surface area contributed by atoms with Crippen molar-refractivity contribution >= 4 is 5.91 Å². The Bertz CT molecular complexity index is 276. The van der Waals surface area contributed by atoms with E-state index in [4.69, 9.17) is 4.74 Å². The van der Waals surface area contributed by atoms with Crippen LogP contribution in [0.15, 0.2) is 0 Å². The minimum atomic E-state index is -0.179. The highest BCUT2D eigenvalue weighted by Crippen LogP contribution is 2.43. The van der Waals surface area contributed by atoms with Crippen molar-refractivity contribution in [3.05, 3.63) is 0 Å². The van der Waals surface area contributed by atoms with Crippen LogP contribution in [-0.2, 0) is 9.53 Å². The summed E-state index contributed by atoms with van der Waals surface area (Å²) in [6.45, 7) is 4.96. The Morgan fingerprint density at radius 1 is 1.62 bits per heavy atom. The second-order valence-corrected chi connectivity index (χ2v) is 4.99. The van der Waals surface area contributed by atoms with E-state index in [2.05, 4.69) is 19.2 Å². The second-order valence-electron chi connectivity index (χ2n) is 4.99. The third-order valence-electron chi connectivity index (χ3n) is 3.77. The lowest BCUT2D eigenvalue weighted by atomic mass is 10.1. The van der Waals surface area contributed by atoms with Crippen LogP contribution < -0.4 is 5.32 Å². The minimum absolute atomic E-state index is 0.179. The molecule has 0 radical (unpaired) electrons. The maximum Gasteiger partial charge on any atom is 0.244 e. The molecule has 2 aliphatic rings. The number of carbonyl (C=O) groups is 1. The first-order valence-electron chi connectivity index (χ1n) is 6.24. The van der Waals surface area contributed by atoms with Gasteiger partial charge >= 0.3 is 0 Å². The molecule has 2 fully saturated rings. The molecule has 92 valence electrons. The van der Waals surface area contributed by atoms with E-state index in [-0.39, 0.29) is 17.7 Å². The van der Waals surface area contributed by atoms with E-state index in [0.717, 1.165) is 25.7 Å². The van der Waals surface area contributed by atoms with E-state index in [9.17, 15) is 4.79 Å². The van der Waals surface area contributed by atoms with Gasteiger partial charge in [0.15, 0.2) is 0 Å². The summed E-state index contributed by atoms with van der Waals surface area (Å²) in [6.07, 6.45) is 4.13. The second kappa shape index (κ2) is 4.34. The van der Waals surface area contributed by atoms with E-state index < -0.39 is 0 Å². The smallest absolute Gasteiger partial charge is 0.244 e. The van der Waals surface area contributed by atoms with Crippen LogP contribution in [0.25, 0.3) is 0 Å². The lowest BCUT2D eigenvalue weighted by Gasteiger charge is -2.29. The van der Waals surface area contributed by atoms with Crippen molar-refractivity contribution in [3.8, 4) is 0 Å². The summed E-state index contributed by atoms with van der Waals surface area (Å²) in [7, 11) is 1.70. The van der Waals surface area contributed by atoms with Gasteiger partial charge in [-0.25, -0.2) is 0 Å². The maximum absolute atomic E-state index is 12.3. The number of rotatable bonds is 5. The predicted octanol–water partition coefficient (Wildman–Crippen LogP) is 1.11. The van der Waals surface area contributed by atoms with Gasteiger partial charge < -0.3 is 9.64 Å². The molecule has 1 aliphatic carbocycles. The van der Waals surface area contributed by atoms with Crippen molar-refractivity contribution in [1.29, 1.82) is 0 Å². The number of hydrogen-bond acceptors (Lipinski definition) is 3. The molecule has 4 heteroatoms. The van der Waals surface area contributed by atoms with Crippen LogP contribution in [0.3, 0.4) is 0 Å². The van der Waals surface area contributed by atoms with Gasteiger partial charge in [-0.1, -0.05) is 6.92 Å². The van der Waals surface area contributed by atoms with Crippen LogP contribution in [0.1, 0.15) is 39.5 Å². The van der Waals surface area contributed by atoms with Crippen molar-refractivity contribution in [2.24, 2.45) is 0 Å². The predicted molar refractivity (Wildman–Crippen MR) is 62.0 cm³/mol. The summed E-state index contributed by atoms with van der Waals surface area (Å²) in [5.41, 5.74) is -0.179. The van der Waals surface area contributed by atoms with Gasteiger partial charge in [0.1, 0.15) is 0 Å². The molecule has 16 heavy (non-hydrogen) atoms.